The molecule has 0 bridgehead atoms. The van der Waals surface area contributed by atoms with E-state index in [-0.39, 0.29) is 5.75 Å². The summed E-state index contributed by atoms with van der Waals surface area (Å²) in [4.78, 5) is 7.71. The Morgan fingerprint density at radius 3 is 2.78 bits per heavy atom. The molecule has 5 rings (SSSR count). The highest BCUT2D eigenvalue weighted by atomic mass is 19.1. The van der Waals surface area contributed by atoms with Gasteiger partial charge < -0.3 is 15.4 Å². The third kappa shape index (κ3) is 4.69. The van der Waals surface area contributed by atoms with Crippen LogP contribution in [0.2, 0.25) is 0 Å². The van der Waals surface area contributed by atoms with Crippen LogP contribution in [0.1, 0.15) is 23.6 Å². The van der Waals surface area contributed by atoms with Crippen molar-refractivity contribution >= 4 is 16.5 Å². The zero-order chi connectivity index (χ0) is 25.1. The lowest BCUT2D eigenvalue weighted by Gasteiger charge is -2.07. The number of hydrogen-bond acceptors (Lipinski definition) is 4. The highest BCUT2D eigenvalue weighted by molar-refractivity contribution is 5.95. The molecule has 0 aliphatic rings. The van der Waals surface area contributed by atoms with Crippen molar-refractivity contribution in [3.05, 3.63) is 108 Å². The van der Waals surface area contributed by atoms with Gasteiger partial charge in [0.05, 0.1) is 11.2 Å². The fraction of sp³-hybridized carbons (Fsp3) is 0.103. The van der Waals surface area contributed by atoms with E-state index in [9.17, 15) is 9.50 Å². The minimum Gasteiger partial charge on any atom is -0.508 e. The van der Waals surface area contributed by atoms with E-state index in [1.54, 1.807) is 12.2 Å². The Bertz CT molecular complexity index is 1560. The molecule has 3 aromatic heterocycles. The Kier molecular flexibility index (Phi) is 6.47. The molecular formula is C29H26FN5O. The van der Waals surface area contributed by atoms with Crippen LogP contribution in [0, 0.1) is 5.82 Å². The molecule has 0 amide bonds. The molecule has 180 valence electrons. The zero-order valence-corrected chi connectivity index (χ0v) is 19.8. The second-order valence-corrected chi connectivity index (χ2v) is 8.51. The van der Waals surface area contributed by atoms with Gasteiger partial charge in [0.15, 0.2) is 0 Å². The lowest BCUT2D eigenvalue weighted by Crippen LogP contribution is -2.11. The third-order valence-corrected chi connectivity index (χ3v) is 6.00. The number of nitrogens with zero attached hydrogens (tertiary/aromatic N) is 2. The van der Waals surface area contributed by atoms with Crippen LogP contribution in [0.4, 0.5) is 4.39 Å². The molecule has 0 saturated carbocycles. The van der Waals surface area contributed by atoms with E-state index in [0.29, 0.717) is 5.56 Å². The number of pyridine rings is 1. The highest BCUT2D eigenvalue weighted by Gasteiger charge is 2.15. The van der Waals surface area contributed by atoms with Crippen LogP contribution in [0.15, 0.2) is 85.9 Å². The first-order valence-corrected chi connectivity index (χ1v) is 11.7. The lowest BCUT2D eigenvalue weighted by atomic mass is 9.98. The molecule has 0 aliphatic carbocycles. The number of aromatic hydroxyl groups is 1. The summed E-state index contributed by atoms with van der Waals surface area (Å²) in [7, 11) is 0. The fourth-order valence-electron chi connectivity index (χ4n) is 4.30. The first-order valence-electron chi connectivity index (χ1n) is 11.7. The van der Waals surface area contributed by atoms with E-state index in [2.05, 4.69) is 57.2 Å². The molecule has 3 heterocycles. The molecule has 0 aliphatic heterocycles. The van der Waals surface area contributed by atoms with Crippen molar-refractivity contribution in [1.82, 2.24) is 25.5 Å². The predicted octanol–water partition coefficient (Wildman–Crippen LogP) is 6.19. The van der Waals surface area contributed by atoms with E-state index >= 15 is 0 Å². The molecule has 0 spiro atoms. The normalized spacial score (nSPS) is 11.8. The van der Waals surface area contributed by atoms with E-state index in [1.165, 1.54) is 12.1 Å². The minimum atomic E-state index is -0.509. The number of phenolic OH excluding ortho intramolecular Hbond substituents is 1. The smallest absolute Gasteiger partial charge is 0.127 e. The maximum absolute atomic E-state index is 14.0. The lowest BCUT2D eigenvalue weighted by molar-refractivity contribution is 0.469. The van der Waals surface area contributed by atoms with Gasteiger partial charge in [-0.25, -0.2) is 4.39 Å². The van der Waals surface area contributed by atoms with Crippen LogP contribution in [0.5, 0.6) is 5.75 Å². The number of rotatable bonds is 8. The van der Waals surface area contributed by atoms with E-state index < -0.39 is 5.82 Å². The van der Waals surface area contributed by atoms with Crippen molar-refractivity contribution in [1.29, 1.82) is 0 Å². The summed E-state index contributed by atoms with van der Waals surface area (Å²) < 4.78 is 14.0. The van der Waals surface area contributed by atoms with Crippen molar-refractivity contribution in [3.63, 3.8) is 0 Å². The number of nitrogens with one attached hydrogen (secondary N) is 3. The van der Waals surface area contributed by atoms with Crippen molar-refractivity contribution in [3.8, 4) is 28.3 Å². The SMILES string of the molecule is C=C/C=C(/c1cc(O)cc(F)c1)c1c[nH]c(-c2n[nH]c3ccc(-c4cncc(CNCC)c4)cc23)c1. The summed E-state index contributed by atoms with van der Waals surface area (Å²) in [6, 6.07) is 14.3. The molecule has 2 aromatic carbocycles. The van der Waals surface area contributed by atoms with Crippen LogP contribution in [-0.2, 0) is 6.54 Å². The maximum Gasteiger partial charge on any atom is 0.127 e. The number of aromatic amines is 2. The Morgan fingerprint density at radius 1 is 1.08 bits per heavy atom. The van der Waals surface area contributed by atoms with E-state index in [1.807, 2.05) is 30.7 Å². The van der Waals surface area contributed by atoms with Crippen LogP contribution in [0.25, 0.3) is 39.0 Å². The minimum absolute atomic E-state index is 0.134. The number of fused-ring (bicyclic) bond motifs is 1. The maximum atomic E-state index is 14.0. The summed E-state index contributed by atoms with van der Waals surface area (Å²) in [5.74, 6) is -0.642. The Hall–Kier alpha value is -4.49. The molecule has 5 aromatic rings. The molecule has 0 radical (unpaired) electrons. The average Bonchev–Trinajstić information content (AvgIpc) is 3.52. The van der Waals surface area contributed by atoms with Gasteiger partial charge in [0.1, 0.15) is 17.3 Å². The molecule has 0 unspecified atom stereocenters. The van der Waals surface area contributed by atoms with E-state index in [0.717, 1.165) is 69.3 Å². The highest BCUT2D eigenvalue weighted by Crippen LogP contribution is 2.33. The molecule has 0 saturated heterocycles. The van der Waals surface area contributed by atoms with Gasteiger partial charge in [0.25, 0.3) is 0 Å². The van der Waals surface area contributed by atoms with Gasteiger partial charge in [-0.3, -0.25) is 10.1 Å². The predicted molar refractivity (Wildman–Crippen MR) is 142 cm³/mol. The number of aromatic nitrogens is 4. The number of phenols is 1. The Morgan fingerprint density at radius 2 is 1.97 bits per heavy atom. The molecule has 4 N–H and O–H groups in total. The number of H-pyrrole nitrogens is 2. The summed E-state index contributed by atoms with van der Waals surface area (Å²) in [5, 5.41) is 21.9. The van der Waals surface area contributed by atoms with E-state index in [4.69, 9.17) is 0 Å². The second kappa shape index (κ2) is 10.0. The largest absolute Gasteiger partial charge is 0.508 e. The molecule has 6 nitrogen and oxygen atoms in total. The number of halogens is 1. The van der Waals surface area contributed by atoms with Gasteiger partial charge in [-0.15, -0.1) is 0 Å². The summed E-state index contributed by atoms with van der Waals surface area (Å²) in [6.07, 6.45) is 9.00. The van der Waals surface area contributed by atoms with Gasteiger partial charge in [0.2, 0.25) is 0 Å². The number of hydrogen-bond donors (Lipinski definition) is 4. The van der Waals surface area contributed by atoms with Gasteiger partial charge in [-0.2, -0.15) is 5.10 Å². The average molecular weight is 480 g/mol. The first kappa shape index (κ1) is 23.3. The third-order valence-electron chi connectivity index (χ3n) is 6.00. The van der Waals surface area contributed by atoms with Gasteiger partial charge >= 0.3 is 0 Å². The molecule has 0 fully saturated rings. The van der Waals surface area contributed by atoms with Gasteiger partial charge in [-0.05, 0) is 65.2 Å². The van der Waals surface area contributed by atoms with Crippen LogP contribution in [-0.4, -0.2) is 31.8 Å². The Balaban J connectivity index is 1.52. The fourth-order valence-corrected chi connectivity index (χ4v) is 4.30. The van der Waals surface area contributed by atoms with Crippen molar-refractivity contribution in [2.75, 3.05) is 6.54 Å². The summed E-state index contributed by atoms with van der Waals surface area (Å²) in [6.45, 7) is 7.53. The van der Waals surface area contributed by atoms with Gasteiger partial charge in [-0.1, -0.05) is 31.7 Å². The number of benzene rings is 2. The summed E-state index contributed by atoms with van der Waals surface area (Å²) in [5.41, 5.74) is 7.81. The molecule has 7 heteroatoms. The second-order valence-electron chi connectivity index (χ2n) is 8.51. The van der Waals surface area contributed by atoms with Crippen molar-refractivity contribution in [2.24, 2.45) is 0 Å². The van der Waals surface area contributed by atoms with Crippen molar-refractivity contribution < 1.29 is 9.50 Å². The van der Waals surface area contributed by atoms with Gasteiger partial charge in [0, 0.05) is 47.7 Å². The number of allylic oxidation sites excluding steroid dienone is 2. The standard InChI is InChI=1S/C29H26FN5O/c1-3-5-25(20-9-23(30)13-24(36)10-20)22-12-28(33-17-22)29-26-11-19(6-7-27(26)34-35-29)21-8-18(14-31-4-2)15-32-16-21/h3,5-13,15-17,31,33,36H,1,4,14H2,2H3,(H,34,35)/b25-5-. The van der Waals surface area contributed by atoms with Crippen molar-refractivity contribution in [2.45, 2.75) is 13.5 Å². The first-order chi connectivity index (χ1) is 17.6. The van der Waals surface area contributed by atoms with Crippen LogP contribution < -0.4 is 5.32 Å². The molecule has 0 atom stereocenters. The zero-order valence-electron chi connectivity index (χ0n) is 19.8. The topological polar surface area (TPSA) is 89.6 Å². The van der Waals surface area contributed by atoms with Crippen LogP contribution >= 0.6 is 0 Å². The molecule has 36 heavy (non-hydrogen) atoms. The Labute approximate surface area is 208 Å². The molecular weight excluding hydrogens is 453 g/mol. The summed E-state index contributed by atoms with van der Waals surface area (Å²) >= 11 is 0. The monoisotopic (exact) mass is 479 g/mol. The van der Waals surface area contributed by atoms with Crippen LogP contribution in [0.3, 0.4) is 0 Å². The quantitative estimate of drug-likeness (QED) is 0.200.